The monoisotopic (exact) mass is 398 g/mol. The van der Waals surface area contributed by atoms with Crippen LogP contribution in [0.15, 0.2) is 54.6 Å². The van der Waals surface area contributed by atoms with Crippen LogP contribution in [-0.4, -0.2) is 36.3 Å². The third kappa shape index (κ3) is 6.76. The van der Waals surface area contributed by atoms with Gasteiger partial charge in [0.2, 0.25) is 0 Å². The molecule has 2 aromatic rings. The smallest absolute Gasteiger partial charge is 0.344 e. The fourth-order valence-electron chi connectivity index (χ4n) is 2.25. The Morgan fingerprint density at radius 2 is 1.55 bits per heavy atom. The summed E-state index contributed by atoms with van der Waals surface area (Å²) in [5.74, 6) is -1.54. The largest absolute Gasteiger partial charge is 0.482 e. The van der Waals surface area contributed by atoms with Gasteiger partial charge in [-0.25, -0.2) is 4.79 Å². The van der Waals surface area contributed by atoms with Crippen molar-refractivity contribution in [2.75, 3.05) is 6.61 Å². The van der Waals surface area contributed by atoms with Crippen molar-refractivity contribution in [3.63, 3.8) is 0 Å². The van der Waals surface area contributed by atoms with Crippen LogP contribution < -0.4 is 15.6 Å². The number of amides is 2. The number of Topliss-reactive ketones (excluding diaryl/α,β-unsaturated/α-hetero) is 1. The zero-order valence-corrected chi connectivity index (χ0v) is 16.1. The molecule has 0 unspecified atom stereocenters. The maximum atomic E-state index is 11.9. The normalized spacial score (nSPS) is 11.1. The number of carbonyl (C=O) groups excluding carboxylic acids is 4. The van der Waals surface area contributed by atoms with Crippen molar-refractivity contribution in [1.29, 1.82) is 0 Å². The third-order valence-corrected chi connectivity index (χ3v) is 3.87. The van der Waals surface area contributed by atoms with Crippen molar-refractivity contribution in [2.45, 2.75) is 26.4 Å². The Morgan fingerprint density at radius 1 is 0.897 bits per heavy atom. The van der Waals surface area contributed by atoms with Crippen molar-refractivity contribution >= 4 is 23.6 Å². The summed E-state index contributed by atoms with van der Waals surface area (Å²) in [5, 5.41) is 0. The van der Waals surface area contributed by atoms with Gasteiger partial charge >= 0.3 is 5.97 Å². The molecule has 0 radical (unpaired) electrons. The van der Waals surface area contributed by atoms with E-state index in [2.05, 4.69) is 10.9 Å². The molecule has 2 rings (SSSR count). The second-order valence-electron chi connectivity index (χ2n) is 6.03. The van der Waals surface area contributed by atoms with Gasteiger partial charge in [-0.1, -0.05) is 25.1 Å². The van der Waals surface area contributed by atoms with Crippen molar-refractivity contribution < 1.29 is 28.7 Å². The van der Waals surface area contributed by atoms with Gasteiger partial charge in [0, 0.05) is 17.5 Å². The molecule has 8 heteroatoms. The molecule has 0 bridgehead atoms. The van der Waals surface area contributed by atoms with E-state index in [9.17, 15) is 19.2 Å². The molecular formula is C21H22N2O6. The fraction of sp³-hybridized carbons (Fsp3) is 0.238. The van der Waals surface area contributed by atoms with Crippen LogP contribution in [-0.2, 0) is 14.3 Å². The van der Waals surface area contributed by atoms with Crippen LogP contribution in [0.3, 0.4) is 0 Å². The van der Waals surface area contributed by atoms with Crippen LogP contribution in [0, 0.1) is 0 Å². The van der Waals surface area contributed by atoms with E-state index >= 15 is 0 Å². The van der Waals surface area contributed by atoms with Crippen LogP contribution in [0.4, 0.5) is 0 Å². The van der Waals surface area contributed by atoms with E-state index in [1.165, 1.54) is 6.92 Å². The lowest BCUT2D eigenvalue weighted by Gasteiger charge is -2.14. The molecule has 0 heterocycles. The van der Waals surface area contributed by atoms with Gasteiger partial charge < -0.3 is 9.47 Å². The molecule has 2 N–H and O–H groups in total. The van der Waals surface area contributed by atoms with Gasteiger partial charge in [-0.15, -0.1) is 0 Å². The number of rotatable bonds is 8. The molecule has 152 valence electrons. The number of hydrogen-bond acceptors (Lipinski definition) is 6. The van der Waals surface area contributed by atoms with Gasteiger partial charge in [0.05, 0.1) is 0 Å². The van der Waals surface area contributed by atoms with Crippen LogP contribution >= 0.6 is 0 Å². The first-order chi connectivity index (χ1) is 13.9. The summed E-state index contributed by atoms with van der Waals surface area (Å²) in [4.78, 5) is 47.2. The SMILES string of the molecule is CCC(=O)c1ccc(OCC(=O)O[C@H](C)C(=O)NNC(=O)c2ccccc2)cc1. The molecular weight excluding hydrogens is 376 g/mol. The minimum absolute atomic E-state index is 0.00940. The predicted octanol–water partition coefficient (Wildman–Crippen LogP) is 2.05. The van der Waals surface area contributed by atoms with Crippen LogP contribution in [0.1, 0.15) is 41.0 Å². The number of hydrogen-bond donors (Lipinski definition) is 2. The third-order valence-electron chi connectivity index (χ3n) is 3.87. The number of carbonyl (C=O) groups is 4. The second-order valence-corrected chi connectivity index (χ2v) is 6.03. The number of nitrogens with one attached hydrogen (secondary N) is 2. The highest BCUT2D eigenvalue weighted by Gasteiger charge is 2.19. The quantitative estimate of drug-likeness (QED) is 0.400. The summed E-state index contributed by atoms with van der Waals surface area (Å²) in [7, 11) is 0. The summed E-state index contributed by atoms with van der Waals surface area (Å²) in [6, 6.07) is 14.7. The zero-order chi connectivity index (χ0) is 21.2. The molecule has 29 heavy (non-hydrogen) atoms. The average Bonchev–Trinajstić information content (AvgIpc) is 2.76. The molecule has 0 aliphatic heterocycles. The summed E-state index contributed by atoms with van der Waals surface area (Å²) in [6.07, 6.45) is -0.732. The first-order valence-electron chi connectivity index (χ1n) is 9.01. The van der Waals surface area contributed by atoms with Crippen molar-refractivity contribution in [2.24, 2.45) is 0 Å². The Kier molecular flexibility index (Phi) is 7.90. The fourth-order valence-corrected chi connectivity index (χ4v) is 2.25. The standard InChI is InChI=1S/C21H22N2O6/c1-3-18(24)15-9-11-17(12-10-15)28-13-19(25)29-14(2)20(26)22-23-21(27)16-7-5-4-6-8-16/h4-12,14H,3,13H2,1-2H3,(H,22,26)(H,23,27)/t14-/m1/s1. The van der Waals surface area contributed by atoms with Gasteiger partial charge in [0.1, 0.15) is 5.75 Å². The first-order valence-corrected chi connectivity index (χ1v) is 9.01. The highest BCUT2D eigenvalue weighted by molar-refractivity contribution is 5.96. The Hall–Kier alpha value is -3.68. The molecule has 2 amide bonds. The second kappa shape index (κ2) is 10.6. The molecule has 0 saturated carbocycles. The Labute approximate surface area is 168 Å². The molecule has 0 aromatic heterocycles. The molecule has 0 fully saturated rings. The molecule has 2 aromatic carbocycles. The van der Waals surface area contributed by atoms with E-state index in [-0.39, 0.29) is 5.78 Å². The van der Waals surface area contributed by atoms with Crippen LogP contribution in [0.5, 0.6) is 5.75 Å². The van der Waals surface area contributed by atoms with E-state index < -0.39 is 30.5 Å². The number of benzene rings is 2. The Bertz CT molecular complexity index is 864. The van der Waals surface area contributed by atoms with E-state index in [1.807, 2.05) is 0 Å². The van der Waals surface area contributed by atoms with E-state index in [1.54, 1.807) is 61.5 Å². The number of ether oxygens (including phenoxy) is 2. The Balaban J connectivity index is 1.74. The Morgan fingerprint density at radius 3 is 2.17 bits per heavy atom. The predicted molar refractivity (Wildman–Crippen MR) is 104 cm³/mol. The van der Waals surface area contributed by atoms with Crippen molar-refractivity contribution in [3.8, 4) is 5.75 Å². The zero-order valence-electron chi connectivity index (χ0n) is 16.1. The van der Waals surface area contributed by atoms with Gasteiger partial charge in [-0.2, -0.15) is 0 Å². The first kappa shape index (κ1) is 21.6. The maximum Gasteiger partial charge on any atom is 0.344 e. The van der Waals surface area contributed by atoms with Gasteiger partial charge in [-0.05, 0) is 43.3 Å². The topological polar surface area (TPSA) is 111 Å². The summed E-state index contributed by atoms with van der Waals surface area (Å²) in [6.45, 7) is 2.73. The lowest BCUT2D eigenvalue weighted by Crippen LogP contribution is -2.47. The summed E-state index contributed by atoms with van der Waals surface area (Å²) >= 11 is 0. The molecule has 1 atom stereocenters. The van der Waals surface area contributed by atoms with Gasteiger partial charge in [0.15, 0.2) is 18.5 Å². The molecule has 8 nitrogen and oxygen atoms in total. The minimum atomic E-state index is -1.13. The van der Waals surface area contributed by atoms with Crippen molar-refractivity contribution in [3.05, 3.63) is 65.7 Å². The molecule has 0 aliphatic carbocycles. The van der Waals surface area contributed by atoms with Gasteiger partial charge in [0.25, 0.3) is 11.8 Å². The molecule has 0 saturated heterocycles. The summed E-state index contributed by atoms with van der Waals surface area (Å²) in [5.41, 5.74) is 5.37. The van der Waals surface area contributed by atoms with Crippen LogP contribution in [0.2, 0.25) is 0 Å². The number of hydrazine groups is 1. The lowest BCUT2D eigenvalue weighted by molar-refractivity contribution is -0.156. The lowest BCUT2D eigenvalue weighted by atomic mass is 10.1. The minimum Gasteiger partial charge on any atom is -0.482 e. The molecule has 0 spiro atoms. The van der Waals surface area contributed by atoms with Crippen molar-refractivity contribution in [1.82, 2.24) is 10.9 Å². The highest BCUT2D eigenvalue weighted by atomic mass is 16.6. The average molecular weight is 398 g/mol. The van der Waals surface area contributed by atoms with E-state index in [0.717, 1.165) is 0 Å². The molecule has 0 aliphatic rings. The van der Waals surface area contributed by atoms with E-state index in [0.29, 0.717) is 23.3 Å². The summed E-state index contributed by atoms with van der Waals surface area (Å²) < 4.78 is 10.3. The van der Waals surface area contributed by atoms with E-state index in [4.69, 9.17) is 9.47 Å². The number of esters is 1. The number of ketones is 1. The maximum absolute atomic E-state index is 11.9. The van der Waals surface area contributed by atoms with Crippen LogP contribution in [0.25, 0.3) is 0 Å². The highest BCUT2D eigenvalue weighted by Crippen LogP contribution is 2.13. The van der Waals surface area contributed by atoms with Gasteiger partial charge in [-0.3, -0.25) is 25.2 Å².